The van der Waals surface area contributed by atoms with E-state index in [1.807, 2.05) is 29.9 Å². The molecule has 1 amide bonds. The molecule has 1 aliphatic heterocycles. The average molecular weight is 286 g/mol. The van der Waals surface area contributed by atoms with E-state index in [4.69, 9.17) is 4.74 Å². The summed E-state index contributed by atoms with van der Waals surface area (Å²) in [6, 6.07) is 7.51. The minimum Gasteiger partial charge on any atom is -0.489 e. The summed E-state index contributed by atoms with van der Waals surface area (Å²) in [7, 11) is 1.89. The summed E-state index contributed by atoms with van der Waals surface area (Å²) >= 11 is 0. The molecule has 1 aromatic carbocycles. The van der Waals surface area contributed by atoms with Crippen molar-refractivity contribution in [3.63, 3.8) is 0 Å². The van der Waals surface area contributed by atoms with Crippen LogP contribution in [0.15, 0.2) is 30.5 Å². The highest BCUT2D eigenvalue weighted by molar-refractivity contribution is 5.98. The van der Waals surface area contributed by atoms with Crippen LogP contribution < -0.4 is 15.4 Å². The molecule has 0 atom stereocenters. The lowest BCUT2D eigenvalue weighted by Crippen LogP contribution is -2.28. The molecule has 0 saturated heterocycles. The molecular weight excluding hydrogens is 268 g/mol. The number of para-hydroxylation sites is 1. The molecule has 0 spiro atoms. The lowest BCUT2D eigenvalue weighted by Gasteiger charge is -2.21. The van der Waals surface area contributed by atoms with Gasteiger partial charge in [0.2, 0.25) is 0 Å². The maximum atomic E-state index is 12.3. The van der Waals surface area contributed by atoms with Gasteiger partial charge in [0.1, 0.15) is 6.61 Å². The van der Waals surface area contributed by atoms with Crippen LogP contribution >= 0.6 is 0 Å². The Morgan fingerprint density at radius 1 is 1.48 bits per heavy atom. The Morgan fingerprint density at radius 3 is 3.19 bits per heavy atom. The number of carbonyl (C=O) groups is 1. The second-order valence-electron chi connectivity index (χ2n) is 4.91. The van der Waals surface area contributed by atoms with E-state index in [0.717, 1.165) is 24.3 Å². The SMILES string of the molecule is Cn1nccc1CCNC(=O)c1cccc2c1OCCN2. The van der Waals surface area contributed by atoms with Crippen LogP contribution in [0.2, 0.25) is 0 Å². The summed E-state index contributed by atoms with van der Waals surface area (Å²) in [5, 5.41) is 10.3. The van der Waals surface area contributed by atoms with Crippen molar-refractivity contribution < 1.29 is 9.53 Å². The maximum Gasteiger partial charge on any atom is 0.255 e. The van der Waals surface area contributed by atoms with Gasteiger partial charge in [-0.05, 0) is 18.2 Å². The summed E-state index contributed by atoms with van der Waals surface area (Å²) in [6.45, 7) is 1.90. The molecule has 0 radical (unpaired) electrons. The van der Waals surface area contributed by atoms with Gasteiger partial charge < -0.3 is 15.4 Å². The normalized spacial score (nSPS) is 13.0. The molecule has 0 fully saturated rings. The lowest BCUT2D eigenvalue weighted by atomic mass is 10.1. The Balaban J connectivity index is 1.64. The third-order valence-electron chi connectivity index (χ3n) is 3.51. The van der Waals surface area contributed by atoms with Crippen LogP contribution in [0.4, 0.5) is 5.69 Å². The first-order valence-corrected chi connectivity index (χ1v) is 7.00. The molecule has 0 unspecified atom stereocenters. The number of nitrogens with one attached hydrogen (secondary N) is 2. The number of fused-ring (bicyclic) bond motifs is 1. The van der Waals surface area contributed by atoms with E-state index in [2.05, 4.69) is 15.7 Å². The average Bonchev–Trinajstić information content (AvgIpc) is 2.92. The number of hydrogen-bond donors (Lipinski definition) is 2. The van der Waals surface area contributed by atoms with Crippen molar-refractivity contribution in [2.45, 2.75) is 6.42 Å². The summed E-state index contributed by atoms with van der Waals surface area (Å²) in [5.74, 6) is 0.527. The fourth-order valence-corrected chi connectivity index (χ4v) is 2.40. The van der Waals surface area contributed by atoms with E-state index in [9.17, 15) is 4.79 Å². The van der Waals surface area contributed by atoms with E-state index in [-0.39, 0.29) is 5.91 Å². The Labute approximate surface area is 123 Å². The van der Waals surface area contributed by atoms with Crippen molar-refractivity contribution in [3.8, 4) is 5.75 Å². The zero-order valence-electron chi connectivity index (χ0n) is 11.9. The van der Waals surface area contributed by atoms with Crippen LogP contribution in [0.25, 0.3) is 0 Å². The molecule has 0 saturated carbocycles. The smallest absolute Gasteiger partial charge is 0.255 e. The van der Waals surface area contributed by atoms with Crippen LogP contribution in [0, 0.1) is 0 Å². The number of hydrogen-bond acceptors (Lipinski definition) is 4. The van der Waals surface area contributed by atoms with E-state index >= 15 is 0 Å². The lowest BCUT2D eigenvalue weighted by molar-refractivity contribution is 0.0950. The molecule has 110 valence electrons. The number of aromatic nitrogens is 2. The standard InChI is InChI=1S/C15H18N4O2/c1-19-11(6-8-18-19)5-7-17-15(20)12-3-2-4-13-14(12)21-10-9-16-13/h2-4,6,8,16H,5,7,9-10H2,1H3,(H,17,20). The molecule has 0 bridgehead atoms. The zero-order valence-corrected chi connectivity index (χ0v) is 11.9. The van der Waals surface area contributed by atoms with E-state index in [1.165, 1.54) is 0 Å². The van der Waals surface area contributed by atoms with Gasteiger partial charge in [0.05, 0.1) is 11.3 Å². The van der Waals surface area contributed by atoms with Crippen molar-refractivity contribution in [2.75, 3.05) is 25.0 Å². The number of anilines is 1. The minimum atomic E-state index is -0.113. The van der Waals surface area contributed by atoms with Gasteiger partial charge in [-0.3, -0.25) is 9.48 Å². The van der Waals surface area contributed by atoms with Gasteiger partial charge in [-0.2, -0.15) is 5.10 Å². The molecule has 2 N–H and O–H groups in total. The van der Waals surface area contributed by atoms with Crippen molar-refractivity contribution in [1.29, 1.82) is 0 Å². The second-order valence-corrected chi connectivity index (χ2v) is 4.91. The molecule has 21 heavy (non-hydrogen) atoms. The fraction of sp³-hybridized carbons (Fsp3) is 0.333. The van der Waals surface area contributed by atoms with E-state index in [0.29, 0.717) is 24.5 Å². The van der Waals surface area contributed by atoms with Gasteiger partial charge in [-0.15, -0.1) is 0 Å². The van der Waals surface area contributed by atoms with Gasteiger partial charge in [0, 0.05) is 38.4 Å². The monoisotopic (exact) mass is 286 g/mol. The van der Waals surface area contributed by atoms with Crippen LogP contribution in [-0.2, 0) is 13.5 Å². The van der Waals surface area contributed by atoms with Gasteiger partial charge in [0.25, 0.3) is 5.91 Å². The molecule has 1 aliphatic rings. The number of nitrogens with zero attached hydrogens (tertiary/aromatic N) is 2. The Bertz CT molecular complexity index is 651. The van der Waals surface area contributed by atoms with Gasteiger partial charge in [-0.1, -0.05) is 6.07 Å². The highest BCUT2D eigenvalue weighted by atomic mass is 16.5. The summed E-state index contributed by atoms with van der Waals surface area (Å²) < 4.78 is 7.42. The Morgan fingerprint density at radius 2 is 2.38 bits per heavy atom. The number of rotatable bonds is 4. The zero-order chi connectivity index (χ0) is 14.7. The number of benzene rings is 1. The quantitative estimate of drug-likeness (QED) is 0.886. The number of carbonyl (C=O) groups excluding carboxylic acids is 1. The molecular formula is C15H18N4O2. The van der Waals surface area contributed by atoms with Crippen molar-refractivity contribution in [3.05, 3.63) is 41.7 Å². The predicted octanol–water partition coefficient (Wildman–Crippen LogP) is 1.20. The van der Waals surface area contributed by atoms with Crippen molar-refractivity contribution in [1.82, 2.24) is 15.1 Å². The van der Waals surface area contributed by atoms with Crippen LogP contribution in [0.5, 0.6) is 5.75 Å². The van der Waals surface area contributed by atoms with Crippen LogP contribution in [0.1, 0.15) is 16.1 Å². The topological polar surface area (TPSA) is 68.2 Å². The van der Waals surface area contributed by atoms with Gasteiger partial charge >= 0.3 is 0 Å². The largest absolute Gasteiger partial charge is 0.489 e. The third-order valence-corrected chi connectivity index (χ3v) is 3.51. The first kappa shape index (κ1) is 13.5. The molecule has 2 heterocycles. The Hall–Kier alpha value is -2.50. The van der Waals surface area contributed by atoms with Crippen molar-refractivity contribution >= 4 is 11.6 Å². The van der Waals surface area contributed by atoms with Gasteiger partial charge in [-0.25, -0.2) is 0 Å². The van der Waals surface area contributed by atoms with Crippen molar-refractivity contribution in [2.24, 2.45) is 7.05 Å². The van der Waals surface area contributed by atoms with Gasteiger partial charge in [0.15, 0.2) is 5.75 Å². The fourth-order valence-electron chi connectivity index (χ4n) is 2.40. The van der Waals surface area contributed by atoms with E-state index in [1.54, 1.807) is 12.3 Å². The van der Waals surface area contributed by atoms with Crippen LogP contribution in [-0.4, -0.2) is 35.4 Å². The predicted molar refractivity (Wildman–Crippen MR) is 79.7 cm³/mol. The molecule has 1 aromatic heterocycles. The number of ether oxygens (including phenoxy) is 1. The number of amides is 1. The number of aryl methyl sites for hydroxylation is 1. The highest BCUT2D eigenvalue weighted by Crippen LogP contribution is 2.30. The first-order chi connectivity index (χ1) is 10.3. The molecule has 2 aromatic rings. The van der Waals surface area contributed by atoms with E-state index < -0.39 is 0 Å². The molecule has 3 rings (SSSR count). The highest BCUT2D eigenvalue weighted by Gasteiger charge is 2.18. The molecule has 0 aliphatic carbocycles. The maximum absolute atomic E-state index is 12.3. The minimum absolute atomic E-state index is 0.113. The summed E-state index contributed by atoms with van der Waals surface area (Å²) in [5.41, 5.74) is 2.54. The molecule has 6 nitrogen and oxygen atoms in total. The van der Waals surface area contributed by atoms with Crippen LogP contribution in [0.3, 0.4) is 0 Å². The second kappa shape index (κ2) is 5.87. The summed E-state index contributed by atoms with van der Waals surface area (Å²) in [6.07, 6.45) is 2.50. The first-order valence-electron chi connectivity index (χ1n) is 7.00. The Kier molecular flexibility index (Phi) is 3.77. The summed E-state index contributed by atoms with van der Waals surface area (Å²) in [4.78, 5) is 12.3. The molecule has 6 heteroatoms. The third kappa shape index (κ3) is 2.84.